The molecule has 0 aliphatic carbocycles. The second-order valence-electron chi connectivity index (χ2n) is 9.55. The van der Waals surface area contributed by atoms with Gasteiger partial charge in [0.1, 0.15) is 5.82 Å². The van der Waals surface area contributed by atoms with Gasteiger partial charge in [-0.3, -0.25) is 19.1 Å². The van der Waals surface area contributed by atoms with E-state index in [0.717, 1.165) is 12.5 Å². The number of nitrogens with zero attached hydrogens (tertiary/aromatic N) is 4. The number of rotatable bonds is 12. The lowest BCUT2D eigenvalue weighted by atomic mass is 10.0. The Morgan fingerprint density at radius 1 is 1.19 bits per heavy atom. The van der Waals surface area contributed by atoms with Crippen molar-refractivity contribution in [2.75, 3.05) is 0 Å². The number of nitrogens with two attached hydrogens (primary N) is 1. The van der Waals surface area contributed by atoms with Crippen LogP contribution in [0.2, 0.25) is 0 Å². The Bertz CT molecular complexity index is 1780. The summed E-state index contributed by atoms with van der Waals surface area (Å²) in [7, 11) is -4.72. The van der Waals surface area contributed by atoms with E-state index in [1.807, 2.05) is 13.8 Å². The average molecular weight is 588 g/mol. The third-order valence-electron chi connectivity index (χ3n) is 6.78. The summed E-state index contributed by atoms with van der Waals surface area (Å²) in [6, 6.07) is 14.8. The minimum absolute atomic E-state index is 0.225. The van der Waals surface area contributed by atoms with Crippen molar-refractivity contribution in [3.8, 4) is 11.9 Å². The van der Waals surface area contributed by atoms with Crippen LogP contribution in [0.15, 0.2) is 80.4 Å². The van der Waals surface area contributed by atoms with Gasteiger partial charge in [0.05, 0.1) is 17.7 Å². The zero-order valence-corrected chi connectivity index (χ0v) is 24.6. The molecule has 1 atom stereocenters. The van der Waals surface area contributed by atoms with E-state index in [0.29, 0.717) is 41.5 Å². The molecule has 0 bridgehead atoms. The smallest absolute Gasteiger partial charge is 0.296 e. The Morgan fingerprint density at radius 2 is 1.88 bits per heavy atom. The third kappa shape index (κ3) is 6.56. The summed E-state index contributed by atoms with van der Waals surface area (Å²) in [6.07, 6.45) is 4.67. The van der Waals surface area contributed by atoms with Crippen molar-refractivity contribution in [3.05, 3.63) is 104 Å². The molecule has 3 N–H and O–H groups in total. The minimum atomic E-state index is -4.72. The molecule has 11 heteroatoms. The fourth-order valence-corrected chi connectivity index (χ4v) is 5.91. The lowest BCUT2D eigenvalue weighted by molar-refractivity contribution is 0.1000. The molecule has 0 fully saturated rings. The van der Waals surface area contributed by atoms with Crippen LogP contribution in [0.4, 0.5) is 0 Å². The quantitative estimate of drug-likeness (QED) is 0.229. The van der Waals surface area contributed by atoms with E-state index in [2.05, 4.69) is 22.8 Å². The van der Waals surface area contributed by atoms with Gasteiger partial charge in [-0.15, -0.1) is 0 Å². The summed E-state index contributed by atoms with van der Waals surface area (Å²) in [6.45, 7) is 8.82. The van der Waals surface area contributed by atoms with Crippen molar-refractivity contribution in [3.63, 3.8) is 0 Å². The number of carbonyl (C=O) groups is 1. The highest BCUT2D eigenvalue weighted by molar-refractivity contribution is 7.95. The summed E-state index contributed by atoms with van der Waals surface area (Å²) in [5, 5.41) is 20.3. The summed E-state index contributed by atoms with van der Waals surface area (Å²) >= 11 is 0. The van der Waals surface area contributed by atoms with Crippen LogP contribution in [-0.4, -0.2) is 35.7 Å². The largest absolute Gasteiger partial charge is 0.493 e. The molecular weight excluding hydrogens is 554 g/mol. The minimum Gasteiger partial charge on any atom is -0.493 e. The van der Waals surface area contributed by atoms with Gasteiger partial charge in [-0.1, -0.05) is 56.7 Å². The highest BCUT2D eigenvalue weighted by Gasteiger charge is 2.33. The van der Waals surface area contributed by atoms with Crippen molar-refractivity contribution in [1.82, 2.24) is 9.55 Å². The van der Waals surface area contributed by atoms with Crippen LogP contribution in [0.1, 0.15) is 78.9 Å². The zero-order valence-electron chi connectivity index (χ0n) is 23.7. The number of hydrogen-bond donors (Lipinski definition) is 2. The number of carbonyl (C=O) groups excluding carboxylic acids is 1. The number of aromatic nitrogens is 2. The lowest BCUT2D eigenvalue weighted by Crippen LogP contribution is -2.27. The molecule has 0 aliphatic heterocycles. The molecule has 0 saturated carbocycles. The van der Waals surface area contributed by atoms with Crippen LogP contribution in [-0.2, 0) is 16.3 Å². The van der Waals surface area contributed by atoms with Gasteiger partial charge in [0, 0.05) is 12.0 Å². The Morgan fingerprint density at radius 3 is 2.48 bits per heavy atom. The maximum absolute atomic E-state index is 13.8. The van der Waals surface area contributed by atoms with E-state index in [1.54, 1.807) is 55.5 Å². The molecule has 218 valence electrons. The molecular formula is C31H33N5O5S. The molecule has 10 nitrogen and oxygen atoms in total. The Hall–Kier alpha value is -4.82. The Labute approximate surface area is 245 Å². The molecule has 3 rings (SSSR count). The van der Waals surface area contributed by atoms with Crippen molar-refractivity contribution in [2.45, 2.75) is 57.4 Å². The van der Waals surface area contributed by atoms with Crippen LogP contribution in [0, 0.1) is 11.3 Å². The van der Waals surface area contributed by atoms with Crippen molar-refractivity contribution < 1.29 is 18.3 Å². The summed E-state index contributed by atoms with van der Waals surface area (Å²) in [5.74, 6) is -1.20. The van der Waals surface area contributed by atoms with Gasteiger partial charge >= 0.3 is 0 Å². The first-order valence-corrected chi connectivity index (χ1v) is 14.8. The van der Waals surface area contributed by atoms with Gasteiger partial charge in [-0.05, 0) is 67.5 Å². The monoisotopic (exact) mass is 587 g/mol. The molecule has 1 aromatic heterocycles. The number of nitriles is 1. The van der Waals surface area contributed by atoms with E-state index in [-0.39, 0.29) is 11.4 Å². The fourth-order valence-electron chi connectivity index (χ4n) is 4.67. The second kappa shape index (κ2) is 13.7. The lowest BCUT2D eigenvalue weighted by Gasteiger charge is -2.25. The number of allylic oxidation sites excluding steroid dienone is 3. The predicted molar refractivity (Wildman–Crippen MR) is 162 cm³/mol. The molecule has 0 spiro atoms. The third-order valence-corrected chi connectivity index (χ3v) is 8.49. The topological polar surface area (TPSA) is 168 Å². The number of sulfone groups is 1. The number of benzene rings is 2. The van der Waals surface area contributed by atoms with E-state index in [1.165, 1.54) is 10.6 Å². The summed E-state index contributed by atoms with van der Waals surface area (Å²) in [5.41, 5.74) is 6.61. The molecule has 3 aromatic rings. The van der Waals surface area contributed by atoms with Crippen molar-refractivity contribution in [1.29, 1.82) is 5.26 Å². The first kappa shape index (κ1) is 31.7. The molecule has 2 aromatic carbocycles. The molecule has 0 aliphatic rings. The fraction of sp³-hybridized carbons (Fsp3) is 0.258. The number of aryl methyl sites for hydroxylation is 1. The van der Waals surface area contributed by atoms with E-state index < -0.39 is 43.2 Å². The number of unbranched alkanes of at least 4 members (excludes halogenated alkanes) is 1. The first-order valence-electron chi connectivity index (χ1n) is 13.4. The average Bonchev–Trinajstić information content (AvgIpc) is 2.97. The van der Waals surface area contributed by atoms with Gasteiger partial charge in [-0.25, -0.2) is 8.42 Å². The maximum Gasteiger partial charge on any atom is 0.296 e. The number of aliphatic imine (C=N–C) groups is 1. The van der Waals surface area contributed by atoms with Crippen LogP contribution < -0.4 is 11.3 Å². The van der Waals surface area contributed by atoms with Crippen LogP contribution in [0.5, 0.6) is 5.88 Å². The van der Waals surface area contributed by atoms with Gasteiger partial charge in [0.2, 0.25) is 26.5 Å². The maximum atomic E-state index is 13.8. The summed E-state index contributed by atoms with van der Waals surface area (Å²) in [4.78, 5) is 31.9. The molecule has 42 heavy (non-hydrogen) atoms. The number of primary amides is 1. The van der Waals surface area contributed by atoms with Crippen LogP contribution in [0.25, 0.3) is 5.57 Å². The molecule has 1 amide bonds. The Kier molecular flexibility index (Phi) is 10.3. The first-order chi connectivity index (χ1) is 20.0. The van der Waals surface area contributed by atoms with Gasteiger partial charge in [0.25, 0.3) is 5.56 Å². The highest BCUT2D eigenvalue weighted by Crippen LogP contribution is 2.33. The highest BCUT2D eigenvalue weighted by atomic mass is 32.2. The Balaban J connectivity index is 2.25. The van der Waals surface area contributed by atoms with E-state index in [9.17, 15) is 28.4 Å². The summed E-state index contributed by atoms with van der Waals surface area (Å²) < 4.78 is 28.9. The SMILES string of the molecule is C=N/C(=C\C=C(/C)c1ccccc1C(N)=O)S(=O)(=O)c1c(O)n([C@@H](CC)c2cccc(C#N)c2)c(CCCC)nc1=O. The normalized spacial score (nSPS) is 12.9. The number of aromatic hydroxyl groups is 1. The second-order valence-corrected chi connectivity index (χ2v) is 11.4. The van der Waals surface area contributed by atoms with Crippen molar-refractivity contribution >= 4 is 28.0 Å². The zero-order chi connectivity index (χ0) is 31.0. The van der Waals surface area contributed by atoms with Gasteiger partial charge in [0.15, 0.2) is 5.03 Å². The van der Waals surface area contributed by atoms with Crippen molar-refractivity contribution in [2.24, 2.45) is 10.7 Å². The predicted octanol–water partition coefficient (Wildman–Crippen LogP) is 4.68. The molecule has 0 unspecified atom stereocenters. The number of amides is 1. The molecule has 0 saturated heterocycles. The van der Waals surface area contributed by atoms with Crippen LogP contribution in [0.3, 0.4) is 0 Å². The van der Waals surface area contributed by atoms with E-state index >= 15 is 0 Å². The molecule has 1 heterocycles. The number of hydrogen-bond acceptors (Lipinski definition) is 8. The standard InChI is InChI=1S/C31H33N5O5S/c1-5-7-15-26-35-30(38)28(31(39)36(26)25(6-2)22-12-10-11-21(18-22)19-32)42(40,41)27(34-4)17-16-20(3)23-13-8-9-14-24(23)29(33)37/h8-14,16-18,25,39H,4-7,15H2,1-3H3,(H2,33,37)/b20-16+,27-17+/t25-/m0/s1. The van der Waals surface area contributed by atoms with Gasteiger partial charge in [-0.2, -0.15) is 10.2 Å². The van der Waals surface area contributed by atoms with E-state index in [4.69, 9.17) is 5.73 Å². The van der Waals surface area contributed by atoms with Gasteiger partial charge < -0.3 is 10.8 Å². The van der Waals surface area contributed by atoms with Crippen LogP contribution >= 0.6 is 0 Å². The molecule has 0 radical (unpaired) electrons.